The lowest BCUT2D eigenvalue weighted by molar-refractivity contribution is 0.222. The van der Waals surface area contributed by atoms with E-state index in [1.165, 1.54) is 16.7 Å². The second-order valence-electron chi connectivity index (χ2n) is 7.61. The Hall–Kier alpha value is -2.46. The fourth-order valence-electron chi connectivity index (χ4n) is 4.10. The maximum absolute atomic E-state index is 3.82. The van der Waals surface area contributed by atoms with Crippen molar-refractivity contribution >= 4 is 0 Å². The SMILES string of the molecule is CN1CC(c2ccccc2)NCC(c2ccccc2)NCC1c1ccccc1. The highest BCUT2D eigenvalue weighted by Crippen LogP contribution is 2.25. The molecule has 1 saturated heterocycles. The maximum atomic E-state index is 3.82. The highest BCUT2D eigenvalue weighted by Gasteiger charge is 2.25. The van der Waals surface area contributed by atoms with Crippen LogP contribution < -0.4 is 10.6 Å². The minimum atomic E-state index is 0.283. The highest BCUT2D eigenvalue weighted by molar-refractivity contribution is 5.24. The summed E-state index contributed by atoms with van der Waals surface area (Å²) in [6.45, 7) is 2.79. The second-order valence-corrected chi connectivity index (χ2v) is 7.61. The minimum Gasteiger partial charge on any atom is -0.307 e. The molecule has 1 aliphatic rings. The molecule has 3 unspecified atom stereocenters. The number of nitrogens with zero attached hydrogens (tertiary/aromatic N) is 1. The van der Waals surface area contributed by atoms with Crippen molar-refractivity contribution in [3.05, 3.63) is 108 Å². The van der Waals surface area contributed by atoms with Crippen molar-refractivity contribution in [2.45, 2.75) is 18.1 Å². The van der Waals surface area contributed by atoms with Gasteiger partial charge in [0.15, 0.2) is 0 Å². The predicted molar refractivity (Wildman–Crippen MR) is 116 cm³/mol. The third-order valence-electron chi connectivity index (χ3n) is 5.72. The third-order valence-corrected chi connectivity index (χ3v) is 5.72. The van der Waals surface area contributed by atoms with Crippen LogP contribution in [-0.2, 0) is 0 Å². The Morgan fingerprint density at radius 3 is 1.64 bits per heavy atom. The van der Waals surface area contributed by atoms with Gasteiger partial charge in [0, 0.05) is 37.8 Å². The zero-order valence-corrected chi connectivity index (χ0v) is 16.5. The van der Waals surface area contributed by atoms with E-state index in [1.54, 1.807) is 0 Å². The van der Waals surface area contributed by atoms with Gasteiger partial charge in [-0.25, -0.2) is 0 Å². The molecule has 3 aromatic carbocycles. The summed E-state index contributed by atoms with van der Waals surface area (Å²) in [7, 11) is 2.24. The molecule has 0 radical (unpaired) electrons. The van der Waals surface area contributed by atoms with E-state index in [9.17, 15) is 0 Å². The van der Waals surface area contributed by atoms with E-state index < -0.39 is 0 Å². The summed E-state index contributed by atoms with van der Waals surface area (Å²) in [5.41, 5.74) is 4.03. The first-order valence-corrected chi connectivity index (χ1v) is 10.1. The van der Waals surface area contributed by atoms with Gasteiger partial charge < -0.3 is 10.6 Å². The van der Waals surface area contributed by atoms with Crippen LogP contribution in [0, 0.1) is 0 Å². The van der Waals surface area contributed by atoms with Crippen LogP contribution >= 0.6 is 0 Å². The third kappa shape index (κ3) is 4.50. The van der Waals surface area contributed by atoms with Crippen LogP contribution in [0.5, 0.6) is 0 Å². The summed E-state index contributed by atoms with van der Waals surface area (Å²) in [5.74, 6) is 0. The Morgan fingerprint density at radius 2 is 1.07 bits per heavy atom. The van der Waals surface area contributed by atoms with Crippen molar-refractivity contribution in [3.63, 3.8) is 0 Å². The average molecular weight is 372 g/mol. The number of benzene rings is 3. The fraction of sp³-hybridized carbons (Fsp3) is 0.280. The molecule has 0 amide bonds. The summed E-state index contributed by atoms with van der Waals surface area (Å²) < 4.78 is 0. The first kappa shape index (κ1) is 18.9. The molecular formula is C25H29N3. The molecule has 0 aliphatic carbocycles. The van der Waals surface area contributed by atoms with Gasteiger partial charge in [0.1, 0.15) is 0 Å². The Morgan fingerprint density at radius 1 is 0.607 bits per heavy atom. The number of rotatable bonds is 3. The van der Waals surface area contributed by atoms with Gasteiger partial charge in [-0.15, -0.1) is 0 Å². The Bertz CT molecular complexity index is 835. The van der Waals surface area contributed by atoms with Crippen LogP contribution in [0.25, 0.3) is 0 Å². The van der Waals surface area contributed by atoms with Crippen molar-refractivity contribution in [3.8, 4) is 0 Å². The van der Waals surface area contributed by atoms with Gasteiger partial charge in [-0.1, -0.05) is 91.0 Å². The van der Waals surface area contributed by atoms with Gasteiger partial charge in [-0.2, -0.15) is 0 Å². The van der Waals surface area contributed by atoms with Crippen LogP contribution in [-0.4, -0.2) is 31.6 Å². The largest absolute Gasteiger partial charge is 0.307 e. The van der Waals surface area contributed by atoms with E-state index in [4.69, 9.17) is 0 Å². The fourth-order valence-corrected chi connectivity index (χ4v) is 4.10. The van der Waals surface area contributed by atoms with E-state index >= 15 is 0 Å². The lowest BCUT2D eigenvalue weighted by Crippen LogP contribution is -2.36. The maximum Gasteiger partial charge on any atom is 0.0470 e. The Balaban J connectivity index is 1.64. The lowest BCUT2D eigenvalue weighted by atomic mass is 10.0. The zero-order valence-electron chi connectivity index (χ0n) is 16.5. The number of likely N-dealkylation sites (N-methyl/N-ethyl adjacent to an activating group) is 1. The van der Waals surface area contributed by atoms with Crippen LogP contribution in [0.2, 0.25) is 0 Å². The van der Waals surface area contributed by atoms with E-state index in [0.29, 0.717) is 12.1 Å². The molecule has 3 atom stereocenters. The molecule has 2 N–H and O–H groups in total. The molecule has 0 bridgehead atoms. The molecule has 1 fully saturated rings. The summed E-state index contributed by atoms with van der Waals surface area (Å²) in [6.07, 6.45) is 0. The van der Waals surface area contributed by atoms with Crippen molar-refractivity contribution in [2.75, 3.05) is 26.7 Å². The average Bonchev–Trinajstić information content (AvgIpc) is 2.84. The van der Waals surface area contributed by atoms with Crippen molar-refractivity contribution in [2.24, 2.45) is 0 Å². The molecule has 0 aromatic heterocycles. The molecule has 4 rings (SSSR count). The molecule has 144 valence electrons. The summed E-state index contributed by atoms with van der Waals surface area (Å²) in [5, 5.41) is 7.65. The van der Waals surface area contributed by atoms with Gasteiger partial charge in [-0.05, 0) is 23.7 Å². The molecule has 3 heteroatoms. The van der Waals surface area contributed by atoms with Crippen LogP contribution in [0.4, 0.5) is 0 Å². The van der Waals surface area contributed by atoms with Crippen LogP contribution in [0.1, 0.15) is 34.8 Å². The van der Waals surface area contributed by atoms with Gasteiger partial charge in [-0.3, -0.25) is 4.90 Å². The summed E-state index contributed by atoms with van der Waals surface area (Å²) in [6, 6.07) is 33.3. The van der Waals surface area contributed by atoms with E-state index in [-0.39, 0.29) is 6.04 Å². The summed E-state index contributed by atoms with van der Waals surface area (Å²) >= 11 is 0. The van der Waals surface area contributed by atoms with Gasteiger partial charge in [0.25, 0.3) is 0 Å². The van der Waals surface area contributed by atoms with Gasteiger partial charge >= 0.3 is 0 Å². The van der Waals surface area contributed by atoms with E-state index in [2.05, 4.69) is 114 Å². The monoisotopic (exact) mass is 371 g/mol. The molecule has 0 saturated carbocycles. The number of hydrogen-bond acceptors (Lipinski definition) is 3. The molecule has 3 nitrogen and oxygen atoms in total. The molecule has 0 spiro atoms. The first-order chi connectivity index (χ1) is 13.8. The molecule has 28 heavy (non-hydrogen) atoms. The van der Waals surface area contributed by atoms with E-state index in [1.807, 2.05) is 0 Å². The van der Waals surface area contributed by atoms with Crippen molar-refractivity contribution in [1.29, 1.82) is 0 Å². The minimum absolute atomic E-state index is 0.283. The smallest absolute Gasteiger partial charge is 0.0470 e. The van der Waals surface area contributed by atoms with Crippen LogP contribution in [0.15, 0.2) is 91.0 Å². The number of hydrogen-bond donors (Lipinski definition) is 2. The van der Waals surface area contributed by atoms with Crippen molar-refractivity contribution in [1.82, 2.24) is 15.5 Å². The lowest BCUT2D eigenvalue weighted by Gasteiger charge is -2.31. The molecular weight excluding hydrogens is 342 g/mol. The van der Waals surface area contributed by atoms with Gasteiger partial charge in [0.2, 0.25) is 0 Å². The molecule has 1 heterocycles. The molecule has 1 aliphatic heterocycles. The predicted octanol–water partition coefficient (Wildman–Crippen LogP) is 4.33. The van der Waals surface area contributed by atoms with E-state index in [0.717, 1.165) is 19.6 Å². The number of nitrogens with one attached hydrogen (secondary N) is 2. The van der Waals surface area contributed by atoms with Gasteiger partial charge in [0.05, 0.1) is 0 Å². The first-order valence-electron chi connectivity index (χ1n) is 10.1. The standard InChI is InChI=1S/C25H29N3/c1-28-19-24(21-13-7-3-8-14-21)26-17-23(20-11-5-2-6-12-20)27-18-25(28)22-15-9-4-10-16-22/h2-16,23-27H,17-19H2,1H3. The zero-order chi connectivity index (χ0) is 19.2. The van der Waals surface area contributed by atoms with Crippen LogP contribution in [0.3, 0.4) is 0 Å². The Kier molecular flexibility index (Phi) is 6.17. The topological polar surface area (TPSA) is 27.3 Å². The van der Waals surface area contributed by atoms with Crippen molar-refractivity contribution < 1.29 is 0 Å². The molecule has 3 aromatic rings. The second kappa shape index (κ2) is 9.16. The summed E-state index contributed by atoms with van der Waals surface area (Å²) in [4.78, 5) is 2.47. The normalized spacial score (nSPS) is 24.1. The quantitative estimate of drug-likeness (QED) is 0.717. The Labute approximate surface area is 168 Å². The highest BCUT2D eigenvalue weighted by atomic mass is 15.2.